The zero-order valence-corrected chi connectivity index (χ0v) is 16.6. The summed E-state index contributed by atoms with van der Waals surface area (Å²) in [7, 11) is 1.41. The van der Waals surface area contributed by atoms with E-state index in [-0.39, 0.29) is 5.97 Å². The first-order chi connectivity index (χ1) is 13.7. The molecule has 0 saturated heterocycles. The number of nitrogens with zero attached hydrogens (tertiary/aromatic N) is 4. The van der Waals surface area contributed by atoms with Gasteiger partial charge in [0.05, 0.1) is 18.5 Å². The quantitative estimate of drug-likeness (QED) is 0.445. The molecule has 0 amide bonds. The van der Waals surface area contributed by atoms with Gasteiger partial charge in [0, 0.05) is 18.7 Å². The summed E-state index contributed by atoms with van der Waals surface area (Å²) in [4.78, 5) is 12.3. The summed E-state index contributed by atoms with van der Waals surface area (Å²) < 4.78 is 12.7. The highest BCUT2D eigenvalue weighted by Gasteiger charge is 2.26. The number of rotatable bonds is 7. The third-order valence-electron chi connectivity index (χ3n) is 4.80. The molecule has 1 aliphatic rings. The van der Waals surface area contributed by atoms with E-state index < -0.39 is 0 Å². The highest BCUT2D eigenvalue weighted by Crippen LogP contribution is 2.28. The van der Waals surface area contributed by atoms with Gasteiger partial charge in [0.25, 0.3) is 5.22 Å². The molecule has 0 fully saturated rings. The Kier molecular flexibility index (Phi) is 5.76. The van der Waals surface area contributed by atoms with Crippen LogP contribution >= 0.6 is 11.8 Å². The Balaban J connectivity index is 1.41. The van der Waals surface area contributed by atoms with Crippen LogP contribution in [0.1, 0.15) is 46.0 Å². The number of methoxy groups -OCH3 is 1. The van der Waals surface area contributed by atoms with E-state index in [1.807, 2.05) is 22.9 Å². The van der Waals surface area contributed by atoms with Gasteiger partial charge in [-0.25, -0.2) is 4.79 Å². The molecular weight excluding hydrogens is 376 g/mol. The summed E-state index contributed by atoms with van der Waals surface area (Å²) >= 11 is 1.40. The molecule has 0 bridgehead atoms. The van der Waals surface area contributed by atoms with E-state index >= 15 is 0 Å². The van der Waals surface area contributed by atoms with Gasteiger partial charge < -0.3 is 9.15 Å². The fourth-order valence-corrected chi connectivity index (χ4v) is 4.12. The number of benzene rings is 1. The van der Waals surface area contributed by atoms with Crippen LogP contribution in [0.4, 0.5) is 0 Å². The lowest BCUT2D eigenvalue weighted by molar-refractivity contribution is 0.0598. The van der Waals surface area contributed by atoms with Gasteiger partial charge in [-0.1, -0.05) is 42.1 Å². The number of hydrogen-bond donors (Lipinski definition) is 0. The van der Waals surface area contributed by atoms with Gasteiger partial charge in [-0.15, -0.1) is 10.2 Å². The van der Waals surface area contributed by atoms with Gasteiger partial charge >= 0.3 is 5.97 Å². The summed E-state index contributed by atoms with van der Waals surface area (Å²) in [6, 6.07) is 10.2. The van der Waals surface area contributed by atoms with Gasteiger partial charge in [0.2, 0.25) is 5.89 Å². The highest BCUT2D eigenvalue weighted by atomic mass is 32.2. The molecular formula is C20H22N4O3S. The van der Waals surface area contributed by atoms with Gasteiger partial charge in [-0.05, 0) is 31.2 Å². The van der Waals surface area contributed by atoms with E-state index in [1.165, 1.54) is 24.4 Å². The summed E-state index contributed by atoms with van der Waals surface area (Å²) in [6.45, 7) is 0.841. The number of aryl methyl sites for hydroxylation is 3. The number of ether oxygens (including phenoxy) is 1. The molecule has 3 aromatic rings. The number of carbonyl (C=O) groups excluding carboxylic acids is 1. The van der Waals surface area contributed by atoms with E-state index in [1.54, 1.807) is 0 Å². The molecule has 0 unspecified atom stereocenters. The topological polar surface area (TPSA) is 83.0 Å². The standard InChI is InChI=1S/C20H22N4O3S/c1-26-19(25)18-15(23-24-12-6-5-9-16(18)24)13-28-20-22-21-17(27-20)11-10-14-7-3-2-4-8-14/h2-4,7-8H,5-6,9-13H2,1H3. The first-order valence-corrected chi connectivity index (χ1v) is 10.4. The van der Waals surface area contributed by atoms with Crippen LogP contribution in [0.25, 0.3) is 0 Å². The highest BCUT2D eigenvalue weighted by molar-refractivity contribution is 7.98. The van der Waals surface area contributed by atoms with Gasteiger partial charge in [-0.3, -0.25) is 4.68 Å². The lowest BCUT2D eigenvalue weighted by Crippen LogP contribution is -2.14. The fraction of sp³-hybridized carbons (Fsp3) is 0.400. The minimum atomic E-state index is -0.326. The molecule has 0 aliphatic carbocycles. The lowest BCUT2D eigenvalue weighted by Gasteiger charge is -2.13. The average molecular weight is 398 g/mol. The van der Waals surface area contributed by atoms with Crippen LogP contribution in [0.15, 0.2) is 40.0 Å². The van der Waals surface area contributed by atoms with Crippen molar-refractivity contribution in [3.8, 4) is 0 Å². The van der Waals surface area contributed by atoms with Gasteiger partial charge in [0.1, 0.15) is 5.56 Å². The average Bonchev–Trinajstić information content (AvgIpc) is 3.35. The normalized spacial score (nSPS) is 13.3. The number of aromatic nitrogens is 4. The Bertz CT molecular complexity index is 952. The van der Waals surface area contributed by atoms with E-state index in [4.69, 9.17) is 9.15 Å². The fourth-order valence-electron chi connectivity index (χ4n) is 3.41. The second kappa shape index (κ2) is 8.60. The first kappa shape index (κ1) is 18.7. The maximum Gasteiger partial charge on any atom is 0.341 e. The maximum atomic E-state index is 12.3. The van der Waals surface area contributed by atoms with Crippen molar-refractivity contribution in [3.63, 3.8) is 0 Å². The van der Waals surface area contributed by atoms with Crippen LogP contribution in [0.2, 0.25) is 0 Å². The van der Waals surface area contributed by atoms with Crippen molar-refractivity contribution in [2.45, 2.75) is 49.6 Å². The van der Waals surface area contributed by atoms with Gasteiger partial charge in [-0.2, -0.15) is 5.10 Å². The summed E-state index contributed by atoms with van der Waals surface area (Å²) in [5.74, 6) is 0.779. The number of carbonyl (C=O) groups is 1. The van der Waals surface area contributed by atoms with Crippen molar-refractivity contribution in [1.29, 1.82) is 0 Å². The van der Waals surface area contributed by atoms with Crippen LogP contribution in [0, 0.1) is 0 Å². The third-order valence-corrected chi connectivity index (χ3v) is 5.63. The Labute approximate surface area is 167 Å². The zero-order valence-electron chi connectivity index (χ0n) is 15.8. The van der Waals surface area contributed by atoms with Crippen LogP contribution < -0.4 is 0 Å². The SMILES string of the molecule is COC(=O)c1c(CSc2nnc(CCc3ccccc3)o2)nn2c1CCCC2. The second-order valence-corrected chi connectivity index (χ2v) is 7.60. The molecule has 0 atom stereocenters. The van der Waals surface area contributed by atoms with E-state index in [9.17, 15) is 4.79 Å². The molecule has 2 aromatic heterocycles. The minimum Gasteiger partial charge on any atom is -0.465 e. The number of thioether (sulfide) groups is 1. The molecule has 4 rings (SSSR count). The van der Waals surface area contributed by atoms with E-state index in [0.29, 0.717) is 28.9 Å². The molecule has 28 heavy (non-hydrogen) atoms. The molecule has 1 aromatic carbocycles. The molecule has 0 spiro atoms. The van der Waals surface area contributed by atoms with Crippen molar-refractivity contribution in [3.05, 3.63) is 58.7 Å². The predicted octanol–water partition coefficient (Wildman–Crippen LogP) is 3.47. The molecule has 7 nitrogen and oxygen atoms in total. The second-order valence-electron chi connectivity index (χ2n) is 6.68. The molecule has 8 heteroatoms. The Morgan fingerprint density at radius 1 is 1.21 bits per heavy atom. The smallest absolute Gasteiger partial charge is 0.341 e. The summed E-state index contributed by atoms with van der Waals surface area (Å²) in [5, 5.41) is 13.4. The van der Waals surface area contributed by atoms with Crippen molar-refractivity contribution in [2.75, 3.05) is 7.11 Å². The number of fused-ring (bicyclic) bond motifs is 1. The minimum absolute atomic E-state index is 0.326. The molecule has 0 radical (unpaired) electrons. The monoisotopic (exact) mass is 398 g/mol. The van der Waals surface area contributed by atoms with Crippen LogP contribution in [0.5, 0.6) is 0 Å². The van der Waals surface area contributed by atoms with Crippen molar-refractivity contribution >= 4 is 17.7 Å². The van der Waals surface area contributed by atoms with E-state index in [2.05, 4.69) is 27.4 Å². The third kappa shape index (κ3) is 4.11. The number of esters is 1. The molecule has 146 valence electrons. The summed E-state index contributed by atoms with van der Waals surface area (Å²) in [6.07, 6.45) is 4.55. The molecule has 1 aliphatic heterocycles. The van der Waals surface area contributed by atoms with Gasteiger partial charge in [0.15, 0.2) is 0 Å². The Hall–Kier alpha value is -2.61. The molecule has 0 N–H and O–H groups in total. The summed E-state index contributed by atoms with van der Waals surface area (Å²) in [5.41, 5.74) is 3.53. The Morgan fingerprint density at radius 3 is 2.89 bits per heavy atom. The molecule has 0 saturated carbocycles. The zero-order chi connectivity index (χ0) is 19.3. The van der Waals surface area contributed by atoms with Crippen molar-refractivity contribution in [2.24, 2.45) is 0 Å². The number of hydrogen-bond acceptors (Lipinski definition) is 7. The molecule has 3 heterocycles. The largest absolute Gasteiger partial charge is 0.465 e. The van der Waals surface area contributed by atoms with Crippen LogP contribution in [-0.4, -0.2) is 33.1 Å². The van der Waals surface area contributed by atoms with E-state index in [0.717, 1.165) is 43.6 Å². The van der Waals surface area contributed by atoms with Crippen LogP contribution in [-0.2, 0) is 36.3 Å². The Morgan fingerprint density at radius 2 is 2.07 bits per heavy atom. The first-order valence-electron chi connectivity index (χ1n) is 9.40. The van der Waals surface area contributed by atoms with Crippen molar-refractivity contribution in [1.82, 2.24) is 20.0 Å². The maximum absolute atomic E-state index is 12.3. The predicted molar refractivity (Wildman–Crippen MR) is 104 cm³/mol. The lowest BCUT2D eigenvalue weighted by atomic mass is 10.1. The van der Waals surface area contributed by atoms with Crippen LogP contribution in [0.3, 0.4) is 0 Å². The van der Waals surface area contributed by atoms with Crippen molar-refractivity contribution < 1.29 is 13.9 Å².